The summed E-state index contributed by atoms with van der Waals surface area (Å²) in [6.07, 6.45) is 6.10. The predicted octanol–water partition coefficient (Wildman–Crippen LogP) is 3.07. The van der Waals surface area contributed by atoms with E-state index in [4.69, 9.17) is 4.74 Å². The summed E-state index contributed by atoms with van der Waals surface area (Å²) in [5.74, 6) is 1.02. The first-order valence-electron chi connectivity index (χ1n) is 7.34. The topological polar surface area (TPSA) is 31.2 Å². The van der Waals surface area contributed by atoms with E-state index < -0.39 is 0 Å². The standard InChI is InChI=1S/C16H23NO2/c1-16(2)9-14-13(15(18)10-16)3-6-17(14)11-12-4-7-19-8-5-12/h3,6,12H,4-5,7-11H2,1-2H3. The van der Waals surface area contributed by atoms with Crippen LogP contribution < -0.4 is 0 Å². The number of ketones is 1. The highest BCUT2D eigenvalue weighted by Crippen LogP contribution is 2.35. The number of hydrogen-bond donors (Lipinski definition) is 0. The molecule has 1 aliphatic heterocycles. The molecule has 104 valence electrons. The number of aromatic nitrogens is 1. The van der Waals surface area contributed by atoms with E-state index in [9.17, 15) is 4.79 Å². The Balaban J connectivity index is 1.82. The second kappa shape index (κ2) is 4.78. The van der Waals surface area contributed by atoms with Crippen molar-refractivity contribution in [3.05, 3.63) is 23.5 Å². The average Bonchev–Trinajstić information content (AvgIpc) is 2.72. The first kappa shape index (κ1) is 12.9. The smallest absolute Gasteiger partial charge is 0.165 e. The molecule has 0 aromatic carbocycles. The highest BCUT2D eigenvalue weighted by atomic mass is 16.5. The van der Waals surface area contributed by atoms with Crippen LogP contribution in [0.25, 0.3) is 0 Å². The van der Waals surface area contributed by atoms with Crippen molar-refractivity contribution in [3.8, 4) is 0 Å². The lowest BCUT2D eigenvalue weighted by Gasteiger charge is -2.31. The van der Waals surface area contributed by atoms with Crippen molar-refractivity contribution in [1.82, 2.24) is 4.57 Å². The molecular weight excluding hydrogens is 238 g/mol. The van der Waals surface area contributed by atoms with E-state index in [-0.39, 0.29) is 5.41 Å². The molecule has 0 spiro atoms. The second-order valence-corrected chi connectivity index (χ2v) is 6.83. The van der Waals surface area contributed by atoms with Crippen molar-refractivity contribution in [1.29, 1.82) is 0 Å². The van der Waals surface area contributed by atoms with E-state index in [1.807, 2.05) is 6.07 Å². The SMILES string of the molecule is CC1(C)CC(=O)c2ccn(CC3CCOCC3)c2C1. The van der Waals surface area contributed by atoms with Gasteiger partial charge in [-0.05, 0) is 36.7 Å². The molecular formula is C16H23NO2. The molecule has 0 bridgehead atoms. The van der Waals surface area contributed by atoms with Gasteiger partial charge in [0.25, 0.3) is 0 Å². The third kappa shape index (κ3) is 2.62. The first-order valence-corrected chi connectivity index (χ1v) is 7.34. The van der Waals surface area contributed by atoms with Crippen LogP contribution in [0.1, 0.15) is 49.2 Å². The summed E-state index contributed by atoms with van der Waals surface area (Å²) >= 11 is 0. The highest BCUT2D eigenvalue weighted by Gasteiger charge is 2.33. The lowest BCUT2D eigenvalue weighted by molar-refractivity contribution is 0.0607. The van der Waals surface area contributed by atoms with E-state index in [0.717, 1.165) is 44.6 Å². The van der Waals surface area contributed by atoms with Gasteiger partial charge in [-0.25, -0.2) is 0 Å². The molecule has 3 heteroatoms. The lowest BCUT2D eigenvalue weighted by atomic mass is 9.76. The van der Waals surface area contributed by atoms with Gasteiger partial charge < -0.3 is 9.30 Å². The average molecular weight is 261 g/mol. The molecule has 1 fully saturated rings. The quantitative estimate of drug-likeness (QED) is 0.819. The summed E-state index contributed by atoms with van der Waals surface area (Å²) in [6, 6.07) is 2.02. The minimum Gasteiger partial charge on any atom is -0.381 e. The summed E-state index contributed by atoms with van der Waals surface area (Å²) < 4.78 is 7.74. The van der Waals surface area contributed by atoms with Crippen molar-refractivity contribution in [2.45, 2.75) is 46.1 Å². The van der Waals surface area contributed by atoms with E-state index in [1.54, 1.807) is 0 Å². The van der Waals surface area contributed by atoms with Crippen molar-refractivity contribution >= 4 is 5.78 Å². The Kier molecular flexibility index (Phi) is 3.25. The summed E-state index contributed by atoms with van der Waals surface area (Å²) in [7, 11) is 0. The molecule has 0 saturated carbocycles. The molecule has 19 heavy (non-hydrogen) atoms. The van der Waals surface area contributed by atoms with Gasteiger partial charge in [-0.2, -0.15) is 0 Å². The number of ether oxygens (including phenoxy) is 1. The van der Waals surface area contributed by atoms with Crippen LogP contribution in [0.3, 0.4) is 0 Å². The number of nitrogens with zero attached hydrogens (tertiary/aromatic N) is 1. The fraction of sp³-hybridized carbons (Fsp3) is 0.688. The molecule has 3 nitrogen and oxygen atoms in total. The predicted molar refractivity (Wildman–Crippen MR) is 74.4 cm³/mol. The van der Waals surface area contributed by atoms with E-state index in [0.29, 0.717) is 18.1 Å². The molecule has 1 aromatic heterocycles. The van der Waals surface area contributed by atoms with Crippen LogP contribution in [-0.2, 0) is 17.7 Å². The molecule has 0 unspecified atom stereocenters. The van der Waals surface area contributed by atoms with Gasteiger partial charge in [-0.1, -0.05) is 13.8 Å². The van der Waals surface area contributed by atoms with Crippen molar-refractivity contribution in [2.75, 3.05) is 13.2 Å². The molecule has 3 rings (SSSR count). The Morgan fingerprint density at radius 2 is 2.05 bits per heavy atom. The fourth-order valence-corrected chi connectivity index (χ4v) is 3.38. The van der Waals surface area contributed by atoms with Gasteiger partial charge in [-0.3, -0.25) is 4.79 Å². The van der Waals surface area contributed by atoms with Gasteiger partial charge in [0.15, 0.2) is 5.78 Å². The van der Waals surface area contributed by atoms with E-state index >= 15 is 0 Å². The number of Topliss-reactive ketones (excluding diaryl/α,β-unsaturated/α-hetero) is 1. The maximum atomic E-state index is 12.2. The maximum Gasteiger partial charge on any atom is 0.165 e. The van der Waals surface area contributed by atoms with Gasteiger partial charge >= 0.3 is 0 Å². The summed E-state index contributed by atoms with van der Waals surface area (Å²) in [5.41, 5.74) is 2.33. The van der Waals surface area contributed by atoms with Crippen LogP contribution in [0, 0.1) is 11.3 Å². The van der Waals surface area contributed by atoms with Gasteiger partial charge in [-0.15, -0.1) is 0 Å². The third-order valence-corrected chi connectivity index (χ3v) is 4.46. The minimum atomic E-state index is 0.107. The Morgan fingerprint density at radius 1 is 1.32 bits per heavy atom. The zero-order valence-corrected chi connectivity index (χ0v) is 11.9. The van der Waals surface area contributed by atoms with Crippen LogP contribution in [0.5, 0.6) is 0 Å². The first-order chi connectivity index (χ1) is 9.05. The number of rotatable bonds is 2. The Hall–Kier alpha value is -1.09. The fourth-order valence-electron chi connectivity index (χ4n) is 3.38. The zero-order valence-electron chi connectivity index (χ0n) is 11.9. The molecule has 2 heterocycles. The minimum absolute atomic E-state index is 0.107. The monoisotopic (exact) mass is 261 g/mol. The maximum absolute atomic E-state index is 12.2. The van der Waals surface area contributed by atoms with Gasteiger partial charge in [0.05, 0.1) is 0 Å². The van der Waals surface area contributed by atoms with E-state index in [2.05, 4.69) is 24.6 Å². The van der Waals surface area contributed by atoms with Crippen molar-refractivity contribution in [2.24, 2.45) is 11.3 Å². The molecule has 1 aliphatic carbocycles. The number of carbonyl (C=O) groups is 1. The molecule has 0 amide bonds. The van der Waals surface area contributed by atoms with Crippen LogP contribution in [0.4, 0.5) is 0 Å². The summed E-state index contributed by atoms with van der Waals surface area (Å²) in [6.45, 7) is 7.21. The number of hydrogen-bond acceptors (Lipinski definition) is 2. The van der Waals surface area contributed by atoms with E-state index in [1.165, 1.54) is 5.69 Å². The number of fused-ring (bicyclic) bond motifs is 1. The molecule has 1 aromatic rings. The highest BCUT2D eigenvalue weighted by molar-refractivity contribution is 5.98. The molecule has 0 N–H and O–H groups in total. The second-order valence-electron chi connectivity index (χ2n) is 6.83. The molecule has 2 aliphatic rings. The van der Waals surface area contributed by atoms with Gasteiger partial charge in [0.1, 0.15) is 0 Å². The third-order valence-electron chi connectivity index (χ3n) is 4.46. The normalized spacial score (nSPS) is 23.4. The van der Waals surface area contributed by atoms with Crippen LogP contribution in [-0.4, -0.2) is 23.6 Å². The van der Waals surface area contributed by atoms with Crippen LogP contribution in [0.15, 0.2) is 12.3 Å². The molecule has 0 radical (unpaired) electrons. The van der Waals surface area contributed by atoms with Crippen molar-refractivity contribution in [3.63, 3.8) is 0 Å². The number of carbonyl (C=O) groups excluding carboxylic acids is 1. The summed E-state index contributed by atoms with van der Waals surface area (Å²) in [5, 5.41) is 0. The Morgan fingerprint density at radius 3 is 2.79 bits per heavy atom. The Labute approximate surface area is 114 Å². The molecule has 0 atom stereocenters. The van der Waals surface area contributed by atoms with Gasteiger partial charge in [0, 0.05) is 43.6 Å². The van der Waals surface area contributed by atoms with Crippen LogP contribution >= 0.6 is 0 Å². The van der Waals surface area contributed by atoms with Crippen LogP contribution in [0.2, 0.25) is 0 Å². The van der Waals surface area contributed by atoms with Gasteiger partial charge in [0.2, 0.25) is 0 Å². The summed E-state index contributed by atoms with van der Waals surface area (Å²) in [4.78, 5) is 12.2. The Bertz CT molecular complexity index is 481. The largest absolute Gasteiger partial charge is 0.381 e. The molecule has 1 saturated heterocycles. The lowest BCUT2D eigenvalue weighted by Crippen LogP contribution is -2.29. The van der Waals surface area contributed by atoms with Crippen molar-refractivity contribution < 1.29 is 9.53 Å². The zero-order chi connectivity index (χ0) is 13.5.